The van der Waals surface area contributed by atoms with E-state index in [4.69, 9.17) is 0 Å². The van der Waals surface area contributed by atoms with Crippen molar-refractivity contribution in [3.63, 3.8) is 0 Å². The number of benzene rings is 2. The number of carbonyl (C=O) groups is 2. The molecule has 0 aliphatic rings. The van der Waals surface area contributed by atoms with E-state index in [1.807, 2.05) is 80.7 Å². The zero-order valence-electron chi connectivity index (χ0n) is 16.6. The minimum Gasteiger partial charge on any atom is -0.325 e. The van der Waals surface area contributed by atoms with Gasteiger partial charge in [-0.1, -0.05) is 35.9 Å². The van der Waals surface area contributed by atoms with Crippen LogP contribution in [0.2, 0.25) is 0 Å². The smallest absolute Gasteiger partial charge is 0.246 e. The van der Waals surface area contributed by atoms with Crippen molar-refractivity contribution in [2.45, 2.75) is 26.0 Å². The third-order valence-corrected chi connectivity index (χ3v) is 6.25. The summed E-state index contributed by atoms with van der Waals surface area (Å²) in [6.45, 7) is 5.72. The van der Waals surface area contributed by atoms with Crippen molar-refractivity contribution in [2.75, 3.05) is 16.0 Å². The molecule has 0 radical (unpaired) electrons. The number of aryl methyl sites for hydroxylation is 2. The normalized spacial score (nSPS) is 11.7. The van der Waals surface area contributed by atoms with Gasteiger partial charge in [0.25, 0.3) is 0 Å². The molecular formula is C22H23N3O2S2. The molecule has 1 heterocycles. The lowest BCUT2D eigenvalue weighted by molar-refractivity contribution is -0.117. The maximum absolute atomic E-state index is 13.2. The van der Waals surface area contributed by atoms with Crippen LogP contribution in [0.3, 0.4) is 0 Å². The number of rotatable bonds is 7. The van der Waals surface area contributed by atoms with E-state index in [9.17, 15) is 9.59 Å². The highest BCUT2D eigenvalue weighted by atomic mass is 32.2. The minimum absolute atomic E-state index is 0.0984. The minimum atomic E-state index is -0.400. The number of hydrogen-bond acceptors (Lipinski definition) is 5. The van der Waals surface area contributed by atoms with Crippen molar-refractivity contribution in [1.82, 2.24) is 4.98 Å². The Hall–Kier alpha value is -2.64. The van der Waals surface area contributed by atoms with Crippen LogP contribution in [0, 0.1) is 13.8 Å². The van der Waals surface area contributed by atoms with Crippen molar-refractivity contribution in [2.24, 2.45) is 0 Å². The Kier molecular flexibility index (Phi) is 7.06. The van der Waals surface area contributed by atoms with Gasteiger partial charge in [-0.3, -0.25) is 14.5 Å². The number of aromatic nitrogens is 1. The van der Waals surface area contributed by atoms with Crippen LogP contribution in [0.4, 0.5) is 16.5 Å². The molecule has 2 aromatic carbocycles. The first-order chi connectivity index (χ1) is 13.9. The van der Waals surface area contributed by atoms with E-state index < -0.39 is 5.25 Å². The summed E-state index contributed by atoms with van der Waals surface area (Å²) in [6.07, 6.45) is 0. The maximum atomic E-state index is 13.2. The van der Waals surface area contributed by atoms with Crippen molar-refractivity contribution < 1.29 is 9.59 Å². The monoisotopic (exact) mass is 425 g/mol. The Morgan fingerprint density at radius 3 is 2.41 bits per heavy atom. The van der Waals surface area contributed by atoms with Crippen LogP contribution in [-0.2, 0) is 9.59 Å². The molecule has 0 aliphatic heterocycles. The highest BCUT2D eigenvalue weighted by Gasteiger charge is 2.26. The molecule has 1 aromatic heterocycles. The van der Waals surface area contributed by atoms with E-state index in [0.29, 0.717) is 5.13 Å². The number of thiazole rings is 1. The van der Waals surface area contributed by atoms with Gasteiger partial charge in [0.15, 0.2) is 5.13 Å². The Morgan fingerprint density at radius 1 is 1.10 bits per heavy atom. The molecule has 1 unspecified atom stereocenters. The van der Waals surface area contributed by atoms with E-state index >= 15 is 0 Å². The van der Waals surface area contributed by atoms with Gasteiger partial charge in [0.05, 0.1) is 22.4 Å². The summed E-state index contributed by atoms with van der Waals surface area (Å²) in [4.78, 5) is 31.6. The van der Waals surface area contributed by atoms with Crippen molar-refractivity contribution in [3.05, 3.63) is 71.2 Å². The SMILES string of the molecule is Cc1ccc(NC(=O)CSC(C)C(=O)N(c2ccccc2)c2nc(C)cs2)cc1. The van der Waals surface area contributed by atoms with E-state index in [0.717, 1.165) is 22.6 Å². The van der Waals surface area contributed by atoms with Gasteiger partial charge in [0.2, 0.25) is 11.8 Å². The third kappa shape index (κ3) is 5.68. The molecular weight excluding hydrogens is 402 g/mol. The second-order valence-corrected chi connectivity index (χ2v) is 8.81. The topological polar surface area (TPSA) is 62.3 Å². The molecule has 2 amide bonds. The molecule has 1 atom stereocenters. The number of carbonyl (C=O) groups excluding carboxylic acids is 2. The van der Waals surface area contributed by atoms with E-state index in [1.165, 1.54) is 23.1 Å². The van der Waals surface area contributed by atoms with E-state index in [2.05, 4.69) is 10.3 Å². The molecule has 0 aliphatic carbocycles. The predicted octanol–water partition coefficient (Wildman–Crippen LogP) is 5.19. The summed E-state index contributed by atoms with van der Waals surface area (Å²) in [7, 11) is 0. The summed E-state index contributed by atoms with van der Waals surface area (Å²) in [5, 5.41) is 5.02. The number of para-hydroxylation sites is 1. The maximum Gasteiger partial charge on any atom is 0.246 e. The molecule has 3 rings (SSSR count). The molecule has 0 bridgehead atoms. The third-order valence-electron chi connectivity index (χ3n) is 4.18. The summed E-state index contributed by atoms with van der Waals surface area (Å²) < 4.78 is 0. The van der Waals surface area contributed by atoms with Gasteiger partial charge < -0.3 is 5.32 Å². The largest absolute Gasteiger partial charge is 0.325 e. The van der Waals surface area contributed by atoms with E-state index in [1.54, 1.807) is 4.90 Å². The predicted molar refractivity (Wildman–Crippen MR) is 122 cm³/mol. The van der Waals surface area contributed by atoms with E-state index in [-0.39, 0.29) is 17.6 Å². The Balaban J connectivity index is 1.66. The number of anilines is 3. The van der Waals surface area contributed by atoms with Crippen molar-refractivity contribution in [3.8, 4) is 0 Å². The van der Waals surface area contributed by atoms with Gasteiger partial charge in [-0.05, 0) is 45.0 Å². The van der Waals surface area contributed by atoms with Gasteiger partial charge in [-0.2, -0.15) is 0 Å². The fourth-order valence-corrected chi connectivity index (χ4v) is 4.19. The first-order valence-electron chi connectivity index (χ1n) is 9.23. The highest BCUT2D eigenvalue weighted by Crippen LogP contribution is 2.31. The standard InChI is InChI=1S/C22H23N3O2S2/c1-15-9-11-18(12-10-15)24-20(26)14-28-17(3)21(27)25(19-7-5-4-6-8-19)22-23-16(2)13-29-22/h4-13,17H,14H2,1-3H3,(H,24,26). The number of thioether (sulfide) groups is 1. The molecule has 0 spiro atoms. The van der Waals surface area contributed by atoms with Crippen LogP contribution in [-0.4, -0.2) is 27.8 Å². The lowest BCUT2D eigenvalue weighted by atomic mass is 10.2. The quantitative estimate of drug-likeness (QED) is 0.566. The Bertz CT molecular complexity index is 971. The summed E-state index contributed by atoms with van der Waals surface area (Å²) in [5.74, 6) is -0.0334. The van der Waals surface area contributed by atoms with Gasteiger partial charge in [0, 0.05) is 11.1 Å². The van der Waals surface area contributed by atoms with Crippen LogP contribution in [0.5, 0.6) is 0 Å². The van der Waals surface area contributed by atoms with Crippen molar-refractivity contribution in [1.29, 1.82) is 0 Å². The second kappa shape index (κ2) is 9.71. The van der Waals surface area contributed by atoms with Crippen molar-refractivity contribution >= 4 is 51.4 Å². The zero-order chi connectivity index (χ0) is 20.8. The second-order valence-electron chi connectivity index (χ2n) is 6.65. The Labute approximate surface area is 179 Å². The average Bonchev–Trinajstić information content (AvgIpc) is 3.14. The first kappa shape index (κ1) is 21.1. The van der Waals surface area contributed by atoms with Crippen LogP contribution < -0.4 is 10.2 Å². The number of hydrogen-bond donors (Lipinski definition) is 1. The zero-order valence-corrected chi connectivity index (χ0v) is 18.2. The van der Waals surface area contributed by atoms with Crippen LogP contribution in [0.15, 0.2) is 60.0 Å². The number of nitrogens with zero attached hydrogens (tertiary/aromatic N) is 2. The molecule has 0 saturated heterocycles. The number of nitrogens with one attached hydrogen (secondary N) is 1. The fraction of sp³-hybridized carbons (Fsp3) is 0.227. The molecule has 5 nitrogen and oxygen atoms in total. The van der Waals surface area contributed by atoms with Crippen LogP contribution in [0.1, 0.15) is 18.2 Å². The van der Waals surface area contributed by atoms with Gasteiger partial charge in [-0.25, -0.2) is 4.98 Å². The number of amides is 2. The van der Waals surface area contributed by atoms with Crippen LogP contribution in [0.25, 0.3) is 0 Å². The summed E-state index contributed by atoms with van der Waals surface area (Å²) >= 11 is 2.74. The molecule has 29 heavy (non-hydrogen) atoms. The average molecular weight is 426 g/mol. The molecule has 7 heteroatoms. The summed E-state index contributed by atoms with van der Waals surface area (Å²) in [5.41, 5.74) is 3.53. The lowest BCUT2D eigenvalue weighted by Gasteiger charge is -2.23. The molecule has 0 fully saturated rings. The van der Waals surface area contributed by atoms with Crippen LogP contribution >= 0.6 is 23.1 Å². The first-order valence-corrected chi connectivity index (χ1v) is 11.2. The highest BCUT2D eigenvalue weighted by molar-refractivity contribution is 8.01. The van der Waals surface area contributed by atoms with Gasteiger partial charge >= 0.3 is 0 Å². The fourth-order valence-electron chi connectivity index (χ4n) is 2.64. The van der Waals surface area contributed by atoms with Gasteiger partial charge in [0.1, 0.15) is 0 Å². The Morgan fingerprint density at radius 2 is 1.79 bits per heavy atom. The summed E-state index contributed by atoms with van der Waals surface area (Å²) in [6, 6.07) is 17.1. The van der Waals surface area contributed by atoms with Gasteiger partial charge in [-0.15, -0.1) is 23.1 Å². The lowest BCUT2D eigenvalue weighted by Crippen LogP contribution is -2.33. The molecule has 3 aromatic rings. The molecule has 1 N–H and O–H groups in total. The molecule has 0 saturated carbocycles. The molecule has 150 valence electrons.